The van der Waals surface area contributed by atoms with Crippen LogP contribution in [0.15, 0.2) is 18.2 Å². The summed E-state index contributed by atoms with van der Waals surface area (Å²) in [5.74, 6) is -0.445. The van der Waals surface area contributed by atoms with Crippen LogP contribution in [-0.2, 0) is 13.0 Å². The number of phenolic OH excluding ortho intramolecular Hbond substituents is 4. The molecule has 0 amide bonds. The minimum absolute atomic E-state index is 0.00509. The van der Waals surface area contributed by atoms with Crippen molar-refractivity contribution in [2.45, 2.75) is 18.9 Å². The topological polar surface area (TPSA) is 93.0 Å². The highest BCUT2D eigenvalue weighted by Crippen LogP contribution is 2.49. The lowest BCUT2D eigenvalue weighted by Gasteiger charge is -2.35. The zero-order chi connectivity index (χ0) is 14.7. The second-order valence-electron chi connectivity index (χ2n) is 5.66. The Morgan fingerprint density at radius 2 is 1.71 bits per heavy atom. The van der Waals surface area contributed by atoms with Gasteiger partial charge < -0.3 is 25.7 Å². The van der Waals surface area contributed by atoms with E-state index in [2.05, 4.69) is 5.32 Å². The SMILES string of the molecule is Oc1ccc2c(c1O)Cc1cc(O)c(O)c3c1C2CNC3. The highest BCUT2D eigenvalue weighted by Gasteiger charge is 2.34. The minimum Gasteiger partial charge on any atom is -0.504 e. The van der Waals surface area contributed by atoms with Crippen LogP contribution < -0.4 is 5.32 Å². The number of hydrogen-bond donors (Lipinski definition) is 5. The van der Waals surface area contributed by atoms with Crippen LogP contribution in [0, 0.1) is 0 Å². The maximum Gasteiger partial charge on any atom is 0.162 e. The van der Waals surface area contributed by atoms with Gasteiger partial charge in [-0.15, -0.1) is 0 Å². The van der Waals surface area contributed by atoms with Gasteiger partial charge in [-0.2, -0.15) is 0 Å². The molecule has 2 aromatic rings. The molecule has 5 N–H and O–H groups in total. The van der Waals surface area contributed by atoms with Crippen LogP contribution in [-0.4, -0.2) is 27.0 Å². The summed E-state index contributed by atoms with van der Waals surface area (Å²) in [7, 11) is 0. The Labute approximate surface area is 121 Å². The van der Waals surface area contributed by atoms with Crippen molar-refractivity contribution in [3.8, 4) is 23.0 Å². The number of fused-ring (bicyclic) bond motifs is 2. The van der Waals surface area contributed by atoms with Gasteiger partial charge in [0.05, 0.1) is 0 Å². The molecule has 5 heteroatoms. The molecule has 0 fully saturated rings. The molecule has 0 saturated carbocycles. The fraction of sp³-hybridized carbons (Fsp3) is 0.250. The van der Waals surface area contributed by atoms with Crippen molar-refractivity contribution in [2.75, 3.05) is 6.54 Å². The lowest BCUT2D eigenvalue weighted by Crippen LogP contribution is -2.32. The van der Waals surface area contributed by atoms with Crippen molar-refractivity contribution < 1.29 is 20.4 Å². The van der Waals surface area contributed by atoms with Gasteiger partial charge in [0.1, 0.15) is 0 Å². The van der Waals surface area contributed by atoms with Crippen LogP contribution in [0.1, 0.15) is 33.7 Å². The van der Waals surface area contributed by atoms with E-state index < -0.39 is 0 Å². The molecule has 2 aliphatic rings. The fourth-order valence-corrected chi connectivity index (χ4v) is 3.60. The molecule has 2 aromatic carbocycles. The third-order valence-corrected chi connectivity index (χ3v) is 4.55. The largest absolute Gasteiger partial charge is 0.504 e. The molecule has 5 nitrogen and oxygen atoms in total. The van der Waals surface area contributed by atoms with Gasteiger partial charge in [-0.25, -0.2) is 0 Å². The van der Waals surface area contributed by atoms with Crippen molar-refractivity contribution >= 4 is 0 Å². The van der Waals surface area contributed by atoms with Gasteiger partial charge in [0.2, 0.25) is 0 Å². The van der Waals surface area contributed by atoms with Crippen LogP contribution in [0.5, 0.6) is 23.0 Å². The number of nitrogens with one attached hydrogen (secondary N) is 1. The average molecular weight is 285 g/mol. The summed E-state index contributed by atoms with van der Waals surface area (Å²) in [6.07, 6.45) is 0.433. The fourth-order valence-electron chi connectivity index (χ4n) is 3.60. The van der Waals surface area contributed by atoms with Gasteiger partial charge in [0.15, 0.2) is 23.0 Å². The van der Waals surface area contributed by atoms with Crippen LogP contribution >= 0.6 is 0 Å². The lowest BCUT2D eigenvalue weighted by molar-refractivity contribution is 0.388. The van der Waals surface area contributed by atoms with Crippen LogP contribution in [0.25, 0.3) is 0 Å². The summed E-state index contributed by atoms with van der Waals surface area (Å²) in [5, 5.41) is 43.0. The summed E-state index contributed by atoms with van der Waals surface area (Å²) >= 11 is 0. The lowest BCUT2D eigenvalue weighted by atomic mass is 9.74. The van der Waals surface area contributed by atoms with Gasteiger partial charge in [-0.05, 0) is 28.8 Å². The maximum atomic E-state index is 10.1. The molecule has 4 rings (SSSR count). The summed E-state index contributed by atoms with van der Waals surface area (Å²) in [6, 6.07) is 4.87. The van der Waals surface area contributed by atoms with Gasteiger partial charge >= 0.3 is 0 Å². The summed E-state index contributed by atoms with van der Waals surface area (Å²) in [5.41, 5.74) is 4.28. The molecule has 0 spiro atoms. The third kappa shape index (κ3) is 1.55. The summed E-state index contributed by atoms with van der Waals surface area (Å²) < 4.78 is 0. The monoisotopic (exact) mass is 285 g/mol. The van der Waals surface area contributed by atoms with E-state index in [0.29, 0.717) is 25.1 Å². The Balaban J connectivity index is 2.01. The molecule has 21 heavy (non-hydrogen) atoms. The molecule has 1 unspecified atom stereocenters. The first-order chi connectivity index (χ1) is 10.1. The first-order valence-electron chi connectivity index (χ1n) is 6.89. The Hall–Kier alpha value is -2.40. The van der Waals surface area contributed by atoms with Crippen molar-refractivity contribution in [2.24, 2.45) is 0 Å². The second-order valence-corrected chi connectivity index (χ2v) is 5.66. The molecule has 0 saturated heterocycles. The molecule has 0 radical (unpaired) electrons. The van der Waals surface area contributed by atoms with Gasteiger partial charge in [0, 0.05) is 36.6 Å². The van der Waals surface area contributed by atoms with E-state index in [9.17, 15) is 20.4 Å². The molecule has 1 atom stereocenters. The molecule has 0 aromatic heterocycles. The molecule has 108 valence electrons. The first kappa shape index (κ1) is 12.3. The predicted octanol–water partition coefficient (Wildman–Crippen LogP) is 1.65. The predicted molar refractivity (Wildman–Crippen MR) is 75.9 cm³/mol. The first-order valence-corrected chi connectivity index (χ1v) is 6.89. The molecule has 1 aliphatic carbocycles. The maximum absolute atomic E-state index is 10.1. The zero-order valence-corrected chi connectivity index (χ0v) is 11.2. The van der Waals surface area contributed by atoms with E-state index in [1.807, 2.05) is 6.07 Å². The van der Waals surface area contributed by atoms with Crippen LogP contribution in [0.2, 0.25) is 0 Å². The van der Waals surface area contributed by atoms with E-state index in [1.165, 1.54) is 6.07 Å². The number of benzene rings is 2. The average Bonchev–Trinajstić information content (AvgIpc) is 2.49. The van der Waals surface area contributed by atoms with E-state index >= 15 is 0 Å². The van der Waals surface area contributed by atoms with Crippen LogP contribution in [0.3, 0.4) is 0 Å². The second kappa shape index (κ2) is 4.05. The molecule has 0 bridgehead atoms. The summed E-state index contributed by atoms with van der Waals surface area (Å²) in [4.78, 5) is 0. The van der Waals surface area contributed by atoms with E-state index in [4.69, 9.17) is 0 Å². The standard InChI is InChI=1S/C16H15NO4/c18-12-2-1-8-9(15(12)20)3-7-4-13(19)16(21)11-6-17-5-10(8)14(7)11/h1-2,4,10,17-21H,3,5-6H2. The zero-order valence-electron chi connectivity index (χ0n) is 11.2. The quantitative estimate of drug-likeness (QED) is 0.475. The van der Waals surface area contributed by atoms with E-state index in [0.717, 1.165) is 22.3 Å². The van der Waals surface area contributed by atoms with E-state index in [1.54, 1.807) is 6.07 Å². The van der Waals surface area contributed by atoms with Gasteiger partial charge in [0.25, 0.3) is 0 Å². The van der Waals surface area contributed by atoms with Gasteiger partial charge in [-0.1, -0.05) is 6.07 Å². The molecule has 1 aliphatic heterocycles. The Bertz CT molecular complexity index is 770. The molecule has 1 heterocycles. The Morgan fingerprint density at radius 3 is 2.52 bits per heavy atom. The smallest absolute Gasteiger partial charge is 0.162 e. The summed E-state index contributed by atoms with van der Waals surface area (Å²) in [6.45, 7) is 1.21. The Kier molecular flexibility index (Phi) is 2.38. The molecular formula is C16H15NO4. The van der Waals surface area contributed by atoms with Crippen molar-refractivity contribution in [1.82, 2.24) is 5.32 Å². The normalized spacial score (nSPS) is 19.0. The minimum atomic E-state index is -0.144. The van der Waals surface area contributed by atoms with Gasteiger partial charge in [-0.3, -0.25) is 0 Å². The highest BCUT2D eigenvalue weighted by molar-refractivity contribution is 5.64. The Morgan fingerprint density at radius 1 is 0.952 bits per heavy atom. The van der Waals surface area contributed by atoms with E-state index in [-0.39, 0.29) is 28.9 Å². The number of rotatable bonds is 0. The highest BCUT2D eigenvalue weighted by atomic mass is 16.3. The number of aromatic hydroxyl groups is 4. The number of hydrogen-bond acceptors (Lipinski definition) is 5. The van der Waals surface area contributed by atoms with Crippen molar-refractivity contribution in [1.29, 1.82) is 0 Å². The number of phenols is 4. The molecular weight excluding hydrogens is 270 g/mol. The van der Waals surface area contributed by atoms with Crippen molar-refractivity contribution in [3.63, 3.8) is 0 Å². The third-order valence-electron chi connectivity index (χ3n) is 4.55. The van der Waals surface area contributed by atoms with Crippen LogP contribution in [0.4, 0.5) is 0 Å². The van der Waals surface area contributed by atoms with Crippen molar-refractivity contribution in [3.05, 3.63) is 46.0 Å².